The predicted molar refractivity (Wildman–Crippen MR) is 75.4 cm³/mol. The molecule has 0 aliphatic carbocycles. The van der Waals surface area contributed by atoms with E-state index < -0.39 is 7.11 Å². The van der Waals surface area contributed by atoms with Crippen LogP contribution in [0.25, 0.3) is 5.76 Å². The van der Waals surface area contributed by atoms with Crippen molar-refractivity contribution in [3.8, 4) is 0 Å². The van der Waals surface area contributed by atoms with Crippen LogP contribution in [0.2, 0.25) is 0 Å². The van der Waals surface area contributed by atoms with Gasteiger partial charge < -0.3 is 17.9 Å². The van der Waals surface area contributed by atoms with Crippen LogP contribution in [0.5, 0.6) is 0 Å². The summed E-state index contributed by atoms with van der Waals surface area (Å²) in [6.07, 6.45) is 3.03. The fourth-order valence-corrected chi connectivity index (χ4v) is 1.69. The van der Waals surface area contributed by atoms with Gasteiger partial charge in [0.05, 0.1) is 11.5 Å². The molecule has 0 N–H and O–H groups in total. The second-order valence-corrected chi connectivity index (χ2v) is 4.73. The van der Waals surface area contributed by atoms with Gasteiger partial charge in [-0.3, -0.25) is 0 Å². The molecule has 0 spiro atoms. The lowest BCUT2D eigenvalue weighted by Gasteiger charge is -2.34. The average Bonchev–Trinajstić information content (AvgIpc) is 2.37. The van der Waals surface area contributed by atoms with Crippen molar-refractivity contribution in [3.05, 3.63) is 53.8 Å². The number of benzene rings is 1. The molecule has 0 fully saturated rings. The van der Waals surface area contributed by atoms with E-state index in [9.17, 15) is 8.63 Å². The molecule has 1 heterocycles. The van der Waals surface area contributed by atoms with Crippen LogP contribution in [0, 0.1) is 0 Å². The van der Waals surface area contributed by atoms with Crippen LogP contribution in [0.15, 0.2) is 48.2 Å². The molecular weight excluding hydrogens is 263 g/mol. The minimum absolute atomic E-state index is 0.0892. The quantitative estimate of drug-likeness (QED) is 0.471. The van der Waals surface area contributed by atoms with Crippen molar-refractivity contribution < 1.29 is 22.5 Å². The first-order chi connectivity index (χ1) is 9.37. The third-order valence-corrected chi connectivity index (χ3v) is 2.93. The smallest absolute Gasteiger partial charge is 0.627 e. The first kappa shape index (κ1) is 14.3. The second kappa shape index (κ2) is 5.49. The van der Waals surface area contributed by atoms with Crippen LogP contribution in [-0.4, -0.2) is 31.5 Å². The third-order valence-electron chi connectivity index (χ3n) is 2.93. The van der Waals surface area contributed by atoms with Gasteiger partial charge in [0.15, 0.2) is 5.71 Å². The maximum Gasteiger partial charge on any atom is 0.725 e. The van der Waals surface area contributed by atoms with Crippen molar-refractivity contribution in [3.63, 3.8) is 0 Å². The van der Waals surface area contributed by atoms with E-state index in [-0.39, 0.29) is 11.5 Å². The van der Waals surface area contributed by atoms with Crippen LogP contribution in [-0.2, 0) is 9.31 Å². The molecule has 1 aromatic carbocycles. The van der Waals surface area contributed by atoms with Gasteiger partial charge in [-0.05, 0) is 0 Å². The Morgan fingerprint density at radius 2 is 1.80 bits per heavy atom. The molecule has 0 unspecified atom stereocenters. The molecule has 6 heteroatoms. The second-order valence-electron chi connectivity index (χ2n) is 4.73. The highest BCUT2D eigenvalue weighted by Crippen LogP contribution is 2.31. The van der Waals surface area contributed by atoms with Crippen LogP contribution >= 0.6 is 0 Å². The number of hydrogen-bond donors (Lipinski definition) is 0. The zero-order valence-electron chi connectivity index (χ0n) is 11.6. The summed E-state index contributed by atoms with van der Waals surface area (Å²) >= 11 is 0. The number of halogens is 2. The van der Waals surface area contributed by atoms with Crippen LogP contribution in [0.1, 0.15) is 12.5 Å². The van der Waals surface area contributed by atoms with Crippen LogP contribution < -0.4 is 0 Å². The first-order valence-electron chi connectivity index (χ1n) is 6.25. The number of allylic oxidation sites excluding steroid dienone is 2. The van der Waals surface area contributed by atoms with E-state index in [1.807, 2.05) is 31.7 Å². The zero-order valence-corrected chi connectivity index (χ0v) is 11.6. The van der Waals surface area contributed by atoms with E-state index in [2.05, 4.69) is 9.31 Å². The number of rotatable bonds is 2. The minimum Gasteiger partial charge on any atom is -0.627 e. The molecule has 1 aromatic rings. The lowest BCUT2D eigenvalue weighted by molar-refractivity contribution is -0.464. The van der Waals surface area contributed by atoms with Crippen LogP contribution in [0.3, 0.4) is 0 Å². The third kappa shape index (κ3) is 3.47. The molecule has 0 saturated heterocycles. The highest BCUT2D eigenvalue weighted by Gasteiger charge is 2.37. The van der Waals surface area contributed by atoms with Gasteiger partial charge in [0, 0.05) is 24.6 Å². The lowest BCUT2D eigenvalue weighted by atomic mass is 10.1. The van der Waals surface area contributed by atoms with Gasteiger partial charge in [0.2, 0.25) is 0 Å². The summed E-state index contributed by atoms with van der Waals surface area (Å²) in [5.74, 6) is 0.200. The van der Waals surface area contributed by atoms with E-state index in [0.29, 0.717) is 5.56 Å². The van der Waals surface area contributed by atoms with Crippen molar-refractivity contribution in [2.45, 2.75) is 6.92 Å². The Morgan fingerprint density at radius 3 is 2.40 bits per heavy atom. The zero-order chi connectivity index (χ0) is 14.8. The molecule has 1 aliphatic heterocycles. The Morgan fingerprint density at radius 1 is 1.15 bits per heavy atom. The topological polar surface area (TPSA) is 21.5 Å². The summed E-state index contributed by atoms with van der Waals surface area (Å²) in [6.45, 7) is 1.81. The highest BCUT2D eigenvalue weighted by molar-refractivity contribution is 6.53. The van der Waals surface area contributed by atoms with E-state index >= 15 is 0 Å². The maximum absolute atomic E-state index is 13.6. The Hall–Kier alpha value is -2.11. The van der Waals surface area contributed by atoms with Crippen molar-refractivity contribution in [1.29, 1.82) is 0 Å². The fourth-order valence-electron chi connectivity index (χ4n) is 1.69. The van der Waals surface area contributed by atoms with Gasteiger partial charge in [-0.1, -0.05) is 30.3 Å². The largest absolute Gasteiger partial charge is 0.725 e. The molecule has 0 amide bonds. The lowest BCUT2D eigenvalue weighted by Crippen LogP contribution is -2.34. The Bertz CT molecular complexity index is 590. The van der Waals surface area contributed by atoms with E-state index in [0.717, 1.165) is 5.71 Å². The summed E-state index contributed by atoms with van der Waals surface area (Å²) in [4.78, 5) is 0. The minimum atomic E-state index is -4.34. The van der Waals surface area contributed by atoms with Gasteiger partial charge in [-0.25, -0.2) is 4.58 Å². The SMILES string of the molecule is CC(/C=C1/C=C(c2ccccc2)O[B-](F)(F)O1)=[N+](C)C. The summed E-state index contributed by atoms with van der Waals surface area (Å²) in [7, 11) is -0.683. The molecule has 106 valence electrons. The Balaban J connectivity index is 2.42. The Labute approximate surface area is 116 Å². The van der Waals surface area contributed by atoms with Gasteiger partial charge in [-0.15, -0.1) is 0 Å². The molecule has 0 aromatic heterocycles. The predicted octanol–water partition coefficient (Wildman–Crippen LogP) is 3.07. The molecule has 20 heavy (non-hydrogen) atoms. The van der Waals surface area contributed by atoms with E-state index in [1.54, 1.807) is 30.3 Å². The molecule has 0 atom stereocenters. The Kier molecular flexibility index (Phi) is 3.92. The fraction of sp³-hybridized carbons (Fsp3) is 0.214. The summed E-state index contributed by atoms with van der Waals surface area (Å²) in [5.41, 5.74) is 1.39. The van der Waals surface area contributed by atoms with Gasteiger partial charge >= 0.3 is 7.11 Å². The highest BCUT2D eigenvalue weighted by atomic mass is 19.3. The van der Waals surface area contributed by atoms with Crippen molar-refractivity contribution in [2.24, 2.45) is 0 Å². The van der Waals surface area contributed by atoms with Gasteiger partial charge in [-0.2, -0.15) is 0 Å². The van der Waals surface area contributed by atoms with E-state index in [1.165, 1.54) is 6.08 Å². The van der Waals surface area contributed by atoms with Crippen molar-refractivity contribution in [2.75, 3.05) is 14.1 Å². The first-order valence-corrected chi connectivity index (χ1v) is 6.25. The number of hydrogen-bond acceptors (Lipinski definition) is 2. The molecule has 1 aliphatic rings. The monoisotopic (exact) mass is 279 g/mol. The normalized spacial score (nSPS) is 18.9. The maximum atomic E-state index is 13.6. The molecule has 0 saturated carbocycles. The van der Waals surface area contributed by atoms with Gasteiger partial charge in [0.1, 0.15) is 14.1 Å². The summed E-state index contributed by atoms with van der Waals surface area (Å²) < 4.78 is 38.2. The number of nitrogens with zero attached hydrogens (tertiary/aromatic N) is 1. The summed E-state index contributed by atoms with van der Waals surface area (Å²) in [5, 5.41) is 0. The van der Waals surface area contributed by atoms with Crippen molar-refractivity contribution >= 4 is 18.6 Å². The van der Waals surface area contributed by atoms with E-state index in [4.69, 9.17) is 0 Å². The standard InChI is InChI=1S/C14H16BF2NO2/c1-11(18(2)3)9-13-10-14(20-15(16,17)19-13)12-7-5-4-6-8-12/h4-10H,1-3H3/b13-9-. The molecule has 3 nitrogen and oxygen atoms in total. The molecular formula is C14H16BF2NO2. The molecule has 2 rings (SSSR count). The van der Waals surface area contributed by atoms with Crippen molar-refractivity contribution in [1.82, 2.24) is 0 Å². The van der Waals surface area contributed by atoms with Gasteiger partial charge in [0.25, 0.3) is 0 Å². The summed E-state index contributed by atoms with van der Waals surface area (Å²) in [6, 6.07) is 8.77. The van der Waals surface area contributed by atoms with Crippen LogP contribution in [0.4, 0.5) is 8.63 Å². The molecule has 0 radical (unpaired) electrons. The molecule has 0 bridgehead atoms. The average molecular weight is 279 g/mol.